The molecule has 0 amide bonds. The number of halogens is 2. The SMILES string of the molecule is Fc1ccc(CNCC2CCCCS2)cc1Br. The number of hydrogen-bond donors (Lipinski definition) is 1. The second kappa shape index (κ2) is 6.76. The van der Waals surface area contributed by atoms with E-state index in [1.807, 2.05) is 12.1 Å². The largest absolute Gasteiger partial charge is 0.312 e. The number of hydrogen-bond acceptors (Lipinski definition) is 2. The summed E-state index contributed by atoms with van der Waals surface area (Å²) in [4.78, 5) is 0. The van der Waals surface area contributed by atoms with Gasteiger partial charge < -0.3 is 5.32 Å². The number of rotatable bonds is 4. The molecule has 0 spiro atoms. The zero-order chi connectivity index (χ0) is 12.1. The molecule has 94 valence electrons. The van der Waals surface area contributed by atoms with Gasteiger partial charge in [-0.25, -0.2) is 4.39 Å². The predicted octanol–water partition coefficient (Wildman–Crippen LogP) is 3.96. The van der Waals surface area contributed by atoms with Crippen molar-refractivity contribution in [1.29, 1.82) is 0 Å². The van der Waals surface area contributed by atoms with Crippen LogP contribution in [0.3, 0.4) is 0 Å². The number of thioether (sulfide) groups is 1. The van der Waals surface area contributed by atoms with Gasteiger partial charge in [0.15, 0.2) is 0 Å². The smallest absolute Gasteiger partial charge is 0.137 e. The minimum Gasteiger partial charge on any atom is -0.312 e. The van der Waals surface area contributed by atoms with E-state index >= 15 is 0 Å². The molecule has 1 nitrogen and oxygen atoms in total. The van der Waals surface area contributed by atoms with Crippen molar-refractivity contribution < 1.29 is 4.39 Å². The van der Waals surface area contributed by atoms with Gasteiger partial charge in [-0.15, -0.1) is 0 Å². The van der Waals surface area contributed by atoms with Gasteiger partial charge >= 0.3 is 0 Å². The molecule has 1 aromatic carbocycles. The van der Waals surface area contributed by atoms with Gasteiger partial charge in [0.25, 0.3) is 0 Å². The highest BCUT2D eigenvalue weighted by atomic mass is 79.9. The minimum atomic E-state index is -0.198. The highest BCUT2D eigenvalue weighted by Gasteiger charge is 2.12. The second-order valence-electron chi connectivity index (χ2n) is 4.37. The maximum absolute atomic E-state index is 13.0. The fraction of sp³-hybridized carbons (Fsp3) is 0.538. The third kappa shape index (κ3) is 4.27. The van der Waals surface area contributed by atoms with Crippen molar-refractivity contribution in [2.45, 2.75) is 31.1 Å². The molecule has 1 aliphatic heterocycles. The van der Waals surface area contributed by atoms with Gasteiger partial charge in [0, 0.05) is 18.3 Å². The highest BCUT2D eigenvalue weighted by Crippen LogP contribution is 2.24. The molecule has 0 aromatic heterocycles. The summed E-state index contributed by atoms with van der Waals surface area (Å²) in [6.07, 6.45) is 4.05. The van der Waals surface area contributed by atoms with Gasteiger partial charge in [0.1, 0.15) is 5.82 Å². The summed E-state index contributed by atoms with van der Waals surface area (Å²) >= 11 is 5.28. The van der Waals surface area contributed by atoms with Gasteiger partial charge in [0.2, 0.25) is 0 Å². The van der Waals surface area contributed by atoms with Crippen LogP contribution in [0, 0.1) is 5.82 Å². The van der Waals surface area contributed by atoms with Crippen LogP contribution in [0.25, 0.3) is 0 Å². The molecule has 1 fully saturated rings. The van der Waals surface area contributed by atoms with Crippen LogP contribution in [0.2, 0.25) is 0 Å². The van der Waals surface area contributed by atoms with Gasteiger partial charge in [-0.2, -0.15) is 11.8 Å². The van der Waals surface area contributed by atoms with E-state index in [0.717, 1.165) is 23.9 Å². The third-order valence-corrected chi connectivity index (χ3v) is 4.96. The molecule has 1 atom stereocenters. The molecule has 0 radical (unpaired) electrons. The zero-order valence-corrected chi connectivity index (χ0v) is 12.1. The van der Waals surface area contributed by atoms with Crippen LogP contribution < -0.4 is 5.32 Å². The average molecular weight is 318 g/mol. The Morgan fingerprint density at radius 3 is 3.00 bits per heavy atom. The monoisotopic (exact) mass is 317 g/mol. The molecule has 4 heteroatoms. The van der Waals surface area contributed by atoms with Gasteiger partial charge in [0.05, 0.1) is 4.47 Å². The molecule has 1 unspecified atom stereocenters. The topological polar surface area (TPSA) is 12.0 Å². The molecule has 2 rings (SSSR count). The van der Waals surface area contributed by atoms with Crippen molar-refractivity contribution in [3.63, 3.8) is 0 Å². The van der Waals surface area contributed by atoms with Crippen molar-refractivity contribution in [2.75, 3.05) is 12.3 Å². The highest BCUT2D eigenvalue weighted by molar-refractivity contribution is 9.10. The van der Waals surface area contributed by atoms with Crippen LogP contribution in [0.4, 0.5) is 4.39 Å². The van der Waals surface area contributed by atoms with Crippen LogP contribution in [0.5, 0.6) is 0 Å². The average Bonchev–Trinajstić information content (AvgIpc) is 2.35. The van der Waals surface area contributed by atoms with E-state index in [4.69, 9.17) is 0 Å². The molecule has 0 saturated carbocycles. The van der Waals surface area contributed by atoms with E-state index in [1.54, 1.807) is 0 Å². The van der Waals surface area contributed by atoms with Crippen molar-refractivity contribution >= 4 is 27.7 Å². The Hall–Kier alpha value is -0.0600. The first-order valence-electron chi connectivity index (χ1n) is 6.02. The molecular formula is C13H17BrFNS. The summed E-state index contributed by atoms with van der Waals surface area (Å²) in [6, 6.07) is 5.19. The molecule has 0 bridgehead atoms. The predicted molar refractivity (Wildman–Crippen MR) is 75.9 cm³/mol. The Kier molecular flexibility index (Phi) is 5.32. The molecule has 0 aliphatic carbocycles. The summed E-state index contributed by atoms with van der Waals surface area (Å²) in [5.41, 5.74) is 1.12. The normalized spacial score (nSPS) is 20.5. The molecule has 1 saturated heterocycles. The summed E-state index contributed by atoms with van der Waals surface area (Å²) in [5.74, 6) is 1.10. The first-order valence-corrected chi connectivity index (χ1v) is 7.86. The van der Waals surface area contributed by atoms with Gasteiger partial charge in [-0.1, -0.05) is 12.5 Å². The van der Waals surface area contributed by atoms with Crippen molar-refractivity contribution in [3.8, 4) is 0 Å². The minimum absolute atomic E-state index is 0.198. The fourth-order valence-electron chi connectivity index (χ4n) is 2.00. The lowest BCUT2D eigenvalue weighted by molar-refractivity contribution is 0.595. The Morgan fingerprint density at radius 1 is 1.41 bits per heavy atom. The summed E-state index contributed by atoms with van der Waals surface area (Å²) in [7, 11) is 0. The Bertz CT molecular complexity index is 366. The van der Waals surface area contributed by atoms with E-state index < -0.39 is 0 Å². The quantitative estimate of drug-likeness (QED) is 0.902. The Morgan fingerprint density at radius 2 is 2.29 bits per heavy atom. The third-order valence-electron chi connectivity index (χ3n) is 2.96. The van der Waals surface area contributed by atoms with Crippen LogP contribution in [0.15, 0.2) is 22.7 Å². The van der Waals surface area contributed by atoms with E-state index in [1.165, 1.54) is 31.1 Å². The Balaban J connectivity index is 1.75. The van der Waals surface area contributed by atoms with Crippen molar-refractivity contribution in [2.24, 2.45) is 0 Å². The first-order chi connectivity index (χ1) is 8.25. The summed E-state index contributed by atoms with van der Waals surface area (Å²) in [5, 5.41) is 4.21. The molecular weight excluding hydrogens is 301 g/mol. The lowest BCUT2D eigenvalue weighted by atomic mass is 10.2. The van der Waals surface area contributed by atoms with E-state index in [0.29, 0.717) is 4.47 Å². The fourth-order valence-corrected chi connectivity index (χ4v) is 3.69. The zero-order valence-electron chi connectivity index (χ0n) is 9.72. The van der Waals surface area contributed by atoms with Gasteiger partial charge in [-0.3, -0.25) is 0 Å². The number of benzene rings is 1. The van der Waals surface area contributed by atoms with Crippen LogP contribution in [-0.2, 0) is 6.54 Å². The molecule has 1 N–H and O–H groups in total. The molecule has 1 aromatic rings. The summed E-state index contributed by atoms with van der Waals surface area (Å²) < 4.78 is 13.6. The van der Waals surface area contributed by atoms with Crippen molar-refractivity contribution in [3.05, 3.63) is 34.1 Å². The second-order valence-corrected chi connectivity index (χ2v) is 6.63. The van der Waals surface area contributed by atoms with E-state index in [9.17, 15) is 4.39 Å². The van der Waals surface area contributed by atoms with E-state index in [-0.39, 0.29) is 5.82 Å². The maximum atomic E-state index is 13.0. The van der Waals surface area contributed by atoms with Crippen LogP contribution in [-0.4, -0.2) is 17.5 Å². The van der Waals surface area contributed by atoms with Crippen LogP contribution in [0.1, 0.15) is 24.8 Å². The van der Waals surface area contributed by atoms with Gasteiger partial charge in [-0.05, 0) is 52.2 Å². The molecule has 17 heavy (non-hydrogen) atoms. The van der Waals surface area contributed by atoms with Crippen molar-refractivity contribution in [1.82, 2.24) is 5.32 Å². The van der Waals surface area contributed by atoms with E-state index in [2.05, 4.69) is 33.0 Å². The lowest BCUT2D eigenvalue weighted by Gasteiger charge is -2.21. The molecule has 1 heterocycles. The first kappa shape index (κ1) is 13.4. The maximum Gasteiger partial charge on any atom is 0.137 e. The lowest BCUT2D eigenvalue weighted by Crippen LogP contribution is -2.26. The number of nitrogens with one attached hydrogen (secondary N) is 1. The molecule has 1 aliphatic rings. The van der Waals surface area contributed by atoms with Crippen LogP contribution >= 0.6 is 27.7 Å². The summed E-state index contributed by atoms with van der Waals surface area (Å²) in [6.45, 7) is 1.87. The standard InChI is InChI=1S/C13H17BrFNS/c14-12-7-10(4-5-13(12)15)8-16-9-11-3-1-2-6-17-11/h4-5,7,11,16H,1-3,6,8-9H2. The Labute approximate surface area is 115 Å².